The van der Waals surface area contributed by atoms with Crippen LogP contribution in [0.25, 0.3) is 0 Å². The van der Waals surface area contributed by atoms with Crippen molar-refractivity contribution >= 4 is 10.1 Å². The lowest BCUT2D eigenvalue weighted by Gasteiger charge is -2.03. The highest BCUT2D eigenvalue weighted by Gasteiger charge is 2.02. The fraction of sp³-hybridized carbons (Fsp3) is 0.444. The first-order valence-electron chi connectivity index (χ1n) is 4.63. The number of rotatable bonds is 6. The Hall–Kier alpha value is -0.980. The number of aromatic nitrogens is 1. The highest BCUT2D eigenvalue weighted by molar-refractivity contribution is 7.85. The molecule has 0 aromatic carbocycles. The van der Waals surface area contributed by atoms with Crippen LogP contribution in [0, 0.1) is 0 Å². The molecule has 0 aliphatic rings. The van der Waals surface area contributed by atoms with Crippen molar-refractivity contribution in [2.45, 2.75) is 6.42 Å². The minimum Gasteiger partial charge on any atom is -0.315 e. The lowest BCUT2D eigenvalue weighted by molar-refractivity contribution is 0.480. The van der Waals surface area contributed by atoms with Crippen molar-refractivity contribution in [3.63, 3.8) is 0 Å². The lowest BCUT2D eigenvalue weighted by atomic mass is 10.2. The standard InChI is InChI=1S/C9H14N2O3S/c12-15(13,14)8-7-11-6-3-9-1-4-10-5-2-9/h1-2,4-5,11H,3,6-8H2,(H,12,13,14). The number of hydrogen-bond acceptors (Lipinski definition) is 4. The Morgan fingerprint density at radius 2 is 1.93 bits per heavy atom. The maximum Gasteiger partial charge on any atom is 0.266 e. The van der Waals surface area contributed by atoms with E-state index in [1.54, 1.807) is 12.4 Å². The third kappa shape index (κ3) is 6.16. The van der Waals surface area contributed by atoms with Gasteiger partial charge in [0.05, 0.1) is 5.75 Å². The highest BCUT2D eigenvalue weighted by Crippen LogP contribution is 1.95. The van der Waals surface area contributed by atoms with E-state index in [0.29, 0.717) is 6.54 Å². The number of nitrogens with zero attached hydrogens (tertiary/aromatic N) is 1. The third-order valence-electron chi connectivity index (χ3n) is 1.88. The molecule has 0 radical (unpaired) electrons. The summed E-state index contributed by atoms with van der Waals surface area (Å²) in [6.45, 7) is 0.948. The number of nitrogens with one attached hydrogen (secondary N) is 1. The first-order valence-corrected chi connectivity index (χ1v) is 6.23. The van der Waals surface area contributed by atoms with E-state index < -0.39 is 10.1 Å². The molecule has 1 heterocycles. The molecule has 6 heteroatoms. The second-order valence-corrected chi connectivity index (χ2v) is 4.71. The first kappa shape index (κ1) is 12.1. The summed E-state index contributed by atoms with van der Waals surface area (Å²) in [4.78, 5) is 3.89. The van der Waals surface area contributed by atoms with Gasteiger partial charge in [0.25, 0.3) is 10.1 Å². The first-order chi connectivity index (χ1) is 7.08. The van der Waals surface area contributed by atoms with Crippen molar-refractivity contribution in [3.05, 3.63) is 30.1 Å². The van der Waals surface area contributed by atoms with E-state index in [1.165, 1.54) is 0 Å². The summed E-state index contributed by atoms with van der Waals surface area (Å²) in [6, 6.07) is 3.81. The van der Waals surface area contributed by atoms with Crippen LogP contribution in [0.3, 0.4) is 0 Å². The zero-order valence-electron chi connectivity index (χ0n) is 8.26. The van der Waals surface area contributed by atoms with Gasteiger partial charge in [0.2, 0.25) is 0 Å². The molecule has 0 spiro atoms. The van der Waals surface area contributed by atoms with Crippen LogP contribution in [0.15, 0.2) is 24.5 Å². The molecule has 0 atom stereocenters. The van der Waals surface area contributed by atoms with E-state index in [0.717, 1.165) is 12.0 Å². The molecule has 1 aromatic rings. The summed E-state index contributed by atoms with van der Waals surface area (Å²) in [7, 11) is -3.84. The molecule has 84 valence electrons. The Labute approximate surface area is 89.3 Å². The molecule has 0 fully saturated rings. The molecule has 0 aliphatic carbocycles. The molecule has 2 N–H and O–H groups in total. The predicted octanol–water partition coefficient (Wildman–Crippen LogP) is 0.102. The summed E-state index contributed by atoms with van der Waals surface area (Å²) in [5.41, 5.74) is 1.14. The molecule has 15 heavy (non-hydrogen) atoms. The van der Waals surface area contributed by atoms with Gasteiger partial charge in [0.15, 0.2) is 0 Å². The van der Waals surface area contributed by atoms with Gasteiger partial charge in [0.1, 0.15) is 0 Å². The highest BCUT2D eigenvalue weighted by atomic mass is 32.2. The molecular formula is C9H14N2O3S. The van der Waals surface area contributed by atoms with Crippen molar-refractivity contribution in [1.29, 1.82) is 0 Å². The summed E-state index contributed by atoms with van der Waals surface area (Å²) < 4.78 is 29.2. The van der Waals surface area contributed by atoms with Gasteiger partial charge in [-0.15, -0.1) is 0 Å². The van der Waals surface area contributed by atoms with Crippen molar-refractivity contribution in [2.75, 3.05) is 18.8 Å². The van der Waals surface area contributed by atoms with Gasteiger partial charge in [-0.25, -0.2) is 0 Å². The van der Waals surface area contributed by atoms with Gasteiger partial charge in [0, 0.05) is 18.9 Å². The normalized spacial score (nSPS) is 11.5. The minimum absolute atomic E-state index is 0.247. The monoisotopic (exact) mass is 230 g/mol. The van der Waals surface area contributed by atoms with Crippen LogP contribution in [0.1, 0.15) is 5.56 Å². The maximum absolute atomic E-state index is 10.4. The van der Waals surface area contributed by atoms with Crippen LogP contribution in [0.5, 0.6) is 0 Å². The number of pyridine rings is 1. The van der Waals surface area contributed by atoms with Crippen LogP contribution in [-0.4, -0.2) is 36.8 Å². The van der Waals surface area contributed by atoms with E-state index in [2.05, 4.69) is 10.3 Å². The van der Waals surface area contributed by atoms with Crippen molar-refractivity contribution in [2.24, 2.45) is 0 Å². The molecule has 0 amide bonds. The summed E-state index contributed by atoms with van der Waals surface area (Å²) in [6.07, 6.45) is 4.25. The van der Waals surface area contributed by atoms with Gasteiger partial charge in [-0.2, -0.15) is 8.42 Å². The van der Waals surface area contributed by atoms with Crippen molar-refractivity contribution in [1.82, 2.24) is 10.3 Å². The molecule has 0 unspecified atom stereocenters. The third-order valence-corrected chi connectivity index (χ3v) is 2.60. The SMILES string of the molecule is O=S(=O)(O)CCNCCc1ccncc1. The van der Waals surface area contributed by atoms with Crippen LogP contribution in [-0.2, 0) is 16.5 Å². The minimum atomic E-state index is -3.84. The van der Waals surface area contributed by atoms with Gasteiger partial charge in [-0.3, -0.25) is 9.54 Å². The fourth-order valence-corrected chi connectivity index (χ4v) is 1.51. The lowest BCUT2D eigenvalue weighted by Crippen LogP contribution is -2.24. The summed E-state index contributed by atoms with van der Waals surface area (Å²) >= 11 is 0. The van der Waals surface area contributed by atoms with Gasteiger partial charge in [-0.05, 0) is 30.7 Å². The van der Waals surface area contributed by atoms with Crippen LogP contribution < -0.4 is 5.32 Å². The smallest absolute Gasteiger partial charge is 0.266 e. The van der Waals surface area contributed by atoms with E-state index in [1.807, 2.05) is 12.1 Å². The van der Waals surface area contributed by atoms with Gasteiger partial charge < -0.3 is 5.32 Å². The summed E-state index contributed by atoms with van der Waals surface area (Å²) in [5, 5.41) is 2.93. The fourth-order valence-electron chi connectivity index (χ4n) is 1.11. The Morgan fingerprint density at radius 1 is 1.27 bits per heavy atom. The molecule has 5 nitrogen and oxygen atoms in total. The molecule has 0 aliphatic heterocycles. The second kappa shape index (κ2) is 5.79. The number of hydrogen-bond donors (Lipinski definition) is 2. The Morgan fingerprint density at radius 3 is 2.53 bits per heavy atom. The maximum atomic E-state index is 10.4. The molecular weight excluding hydrogens is 216 g/mol. The second-order valence-electron chi connectivity index (χ2n) is 3.14. The molecule has 1 rings (SSSR count). The zero-order valence-corrected chi connectivity index (χ0v) is 9.07. The molecule has 0 saturated carbocycles. The van der Waals surface area contributed by atoms with E-state index >= 15 is 0 Å². The van der Waals surface area contributed by atoms with Crippen molar-refractivity contribution < 1.29 is 13.0 Å². The van der Waals surface area contributed by atoms with Crippen LogP contribution in [0.2, 0.25) is 0 Å². The average molecular weight is 230 g/mol. The Bertz CT molecular complexity index is 378. The predicted molar refractivity (Wildman–Crippen MR) is 57.2 cm³/mol. The van der Waals surface area contributed by atoms with E-state index in [4.69, 9.17) is 4.55 Å². The largest absolute Gasteiger partial charge is 0.315 e. The molecule has 0 saturated heterocycles. The Balaban J connectivity index is 2.13. The van der Waals surface area contributed by atoms with E-state index in [9.17, 15) is 8.42 Å². The average Bonchev–Trinajstić information content (AvgIpc) is 2.17. The van der Waals surface area contributed by atoms with Crippen molar-refractivity contribution in [3.8, 4) is 0 Å². The van der Waals surface area contributed by atoms with Gasteiger partial charge >= 0.3 is 0 Å². The molecule has 1 aromatic heterocycles. The van der Waals surface area contributed by atoms with Crippen LogP contribution in [0.4, 0.5) is 0 Å². The van der Waals surface area contributed by atoms with Crippen LogP contribution >= 0.6 is 0 Å². The zero-order chi connectivity index (χ0) is 11.1. The Kier molecular flexibility index (Phi) is 4.67. The quantitative estimate of drug-likeness (QED) is 0.535. The van der Waals surface area contributed by atoms with Gasteiger partial charge in [-0.1, -0.05) is 0 Å². The van der Waals surface area contributed by atoms with E-state index in [-0.39, 0.29) is 12.3 Å². The molecule has 0 bridgehead atoms. The topological polar surface area (TPSA) is 79.3 Å². The summed E-state index contributed by atoms with van der Waals surface area (Å²) in [5.74, 6) is -0.247.